The fourth-order valence-corrected chi connectivity index (χ4v) is 2.98. The Labute approximate surface area is 118 Å². The molecule has 2 heterocycles. The molecule has 0 radical (unpaired) electrons. The molecule has 1 aliphatic rings. The Morgan fingerprint density at radius 1 is 1.45 bits per heavy atom. The molecule has 0 saturated carbocycles. The fraction of sp³-hybridized carbons (Fsp3) is 0.500. The van der Waals surface area contributed by atoms with Gasteiger partial charge in [0.2, 0.25) is 0 Å². The number of fused-ring (bicyclic) bond motifs is 1. The molecule has 0 amide bonds. The molecule has 106 valence electrons. The van der Waals surface area contributed by atoms with Gasteiger partial charge in [-0.1, -0.05) is 19.1 Å². The summed E-state index contributed by atoms with van der Waals surface area (Å²) in [5.74, 6) is 1.32. The summed E-state index contributed by atoms with van der Waals surface area (Å²) in [7, 11) is 0. The summed E-state index contributed by atoms with van der Waals surface area (Å²) in [6, 6.07) is 8.02. The van der Waals surface area contributed by atoms with Crippen LogP contribution >= 0.6 is 0 Å². The number of hydrogen-bond acceptors (Lipinski definition) is 3. The van der Waals surface area contributed by atoms with Gasteiger partial charge < -0.3 is 9.30 Å². The van der Waals surface area contributed by atoms with Crippen molar-refractivity contribution in [2.24, 2.45) is 5.92 Å². The molecular formula is C16H20N2O2. The van der Waals surface area contributed by atoms with E-state index >= 15 is 0 Å². The van der Waals surface area contributed by atoms with Crippen LogP contribution in [0.15, 0.2) is 24.3 Å². The Balaban J connectivity index is 1.88. The van der Waals surface area contributed by atoms with Gasteiger partial charge in [0.25, 0.3) is 0 Å². The molecule has 4 heteroatoms. The molecule has 1 aromatic heterocycles. The minimum absolute atomic E-state index is 0.153. The van der Waals surface area contributed by atoms with E-state index in [4.69, 9.17) is 4.74 Å². The van der Waals surface area contributed by atoms with Crippen molar-refractivity contribution in [2.45, 2.75) is 39.3 Å². The van der Waals surface area contributed by atoms with Gasteiger partial charge in [0.15, 0.2) is 5.78 Å². The summed E-state index contributed by atoms with van der Waals surface area (Å²) in [5, 5.41) is 0. The van der Waals surface area contributed by atoms with Gasteiger partial charge in [-0.05, 0) is 31.4 Å². The van der Waals surface area contributed by atoms with Crippen molar-refractivity contribution in [3.63, 3.8) is 0 Å². The monoisotopic (exact) mass is 272 g/mol. The number of Topliss-reactive ketones (excluding diaryl/α,β-unsaturated/α-hetero) is 1. The van der Waals surface area contributed by atoms with Gasteiger partial charge in [-0.15, -0.1) is 0 Å². The van der Waals surface area contributed by atoms with Crippen LogP contribution in [0.3, 0.4) is 0 Å². The van der Waals surface area contributed by atoms with Crippen LogP contribution in [0.25, 0.3) is 11.0 Å². The van der Waals surface area contributed by atoms with Crippen molar-refractivity contribution in [1.82, 2.24) is 9.55 Å². The number of benzene rings is 1. The van der Waals surface area contributed by atoms with Crippen molar-refractivity contribution in [3.8, 4) is 0 Å². The van der Waals surface area contributed by atoms with Crippen molar-refractivity contribution in [3.05, 3.63) is 30.1 Å². The zero-order valence-corrected chi connectivity index (χ0v) is 12.0. The molecule has 0 aliphatic carbocycles. The van der Waals surface area contributed by atoms with E-state index in [9.17, 15) is 4.79 Å². The first-order valence-electron chi connectivity index (χ1n) is 7.29. The molecule has 1 aromatic carbocycles. The third kappa shape index (κ3) is 2.24. The van der Waals surface area contributed by atoms with E-state index in [1.54, 1.807) is 0 Å². The second-order valence-electron chi connectivity index (χ2n) is 5.46. The quantitative estimate of drug-likeness (QED) is 0.859. The van der Waals surface area contributed by atoms with Gasteiger partial charge in [0, 0.05) is 13.2 Å². The van der Waals surface area contributed by atoms with E-state index < -0.39 is 0 Å². The maximum Gasteiger partial charge on any atom is 0.169 e. The SMILES string of the molecule is CCn1c(CC(=O)C2OCCC2C)nc2ccccc21. The molecule has 0 spiro atoms. The zero-order chi connectivity index (χ0) is 14.1. The van der Waals surface area contributed by atoms with Gasteiger partial charge in [-0.25, -0.2) is 4.98 Å². The maximum atomic E-state index is 12.4. The highest BCUT2D eigenvalue weighted by molar-refractivity contribution is 5.86. The minimum atomic E-state index is -0.250. The topological polar surface area (TPSA) is 44.1 Å². The lowest BCUT2D eigenvalue weighted by Gasteiger charge is -2.13. The highest BCUT2D eigenvalue weighted by Gasteiger charge is 2.31. The molecule has 2 atom stereocenters. The summed E-state index contributed by atoms with van der Waals surface area (Å²) >= 11 is 0. The summed E-state index contributed by atoms with van der Waals surface area (Å²) in [6.07, 6.45) is 1.08. The molecule has 2 unspecified atom stereocenters. The first kappa shape index (κ1) is 13.3. The van der Waals surface area contributed by atoms with E-state index in [-0.39, 0.29) is 11.9 Å². The Hall–Kier alpha value is -1.68. The third-order valence-electron chi connectivity index (χ3n) is 4.09. The second kappa shape index (κ2) is 5.37. The molecule has 20 heavy (non-hydrogen) atoms. The third-order valence-corrected chi connectivity index (χ3v) is 4.09. The van der Waals surface area contributed by atoms with Gasteiger partial charge in [0.1, 0.15) is 11.9 Å². The first-order valence-corrected chi connectivity index (χ1v) is 7.29. The Bertz CT molecular complexity index is 632. The lowest BCUT2D eigenvalue weighted by atomic mass is 9.99. The van der Waals surface area contributed by atoms with Crippen LogP contribution in [0.2, 0.25) is 0 Å². The number of nitrogens with zero attached hydrogens (tertiary/aromatic N) is 2. The van der Waals surface area contributed by atoms with Crippen LogP contribution in [0.1, 0.15) is 26.1 Å². The van der Waals surface area contributed by atoms with Crippen LogP contribution in [0.5, 0.6) is 0 Å². The molecule has 1 aliphatic heterocycles. The van der Waals surface area contributed by atoms with Crippen LogP contribution in [-0.4, -0.2) is 28.0 Å². The van der Waals surface area contributed by atoms with Crippen molar-refractivity contribution in [1.29, 1.82) is 0 Å². The smallest absolute Gasteiger partial charge is 0.169 e. The van der Waals surface area contributed by atoms with Crippen LogP contribution in [0, 0.1) is 5.92 Å². The van der Waals surface area contributed by atoms with E-state index in [2.05, 4.69) is 29.5 Å². The number of aromatic nitrogens is 2. The molecular weight excluding hydrogens is 252 g/mol. The Morgan fingerprint density at radius 2 is 2.25 bits per heavy atom. The number of ketones is 1. The normalized spacial score (nSPS) is 22.5. The van der Waals surface area contributed by atoms with Crippen molar-refractivity contribution in [2.75, 3.05) is 6.61 Å². The standard InChI is InChI=1S/C16H20N2O2/c1-3-18-13-7-5-4-6-12(13)17-15(18)10-14(19)16-11(2)8-9-20-16/h4-7,11,16H,3,8-10H2,1-2H3. The molecule has 1 fully saturated rings. The number of rotatable bonds is 4. The highest BCUT2D eigenvalue weighted by atomic mass is 16.5. The summed E-state index contributed by atoms with van der Waals surface area (Å²) in [6.45, 7) is 5.68. The second-order valence-corrected chi connectivity index (χ2v) is 5.46. The largest absolute Gasteiger partial charge is 0.370 e. The number of ether oxygens (including phenoxy) is 1. The molecule has 3 rings (SSSR count). The van der Waals surface area contributed by atoms with Gasteiger partial charge in [-0.3, -0.25) is 4.79 Å². The maximum absolute atomic E-state index is 12.4. The predicted molar refractivity (Wildman–Crippen MR) is 77.6 cm³/mol. The van der Waals surface area contributed by atoms with Crippen molar-refractivity contribution >= 4 is 16.8 Å². The van der Waals surface area contributed by atoms with Crippen molar-refractivity contribution < 1.29 is 9.53 Å². The van der Waals surface area contributed by atoms with Crippen LogP contribution in [0.4, 0.5) is 0 Å². The van der Waals surface area contributed by atoms with E-state index in [1.165, 1.54) is 0 Å². The lowest BCUT2D eigenvalue weighted by molar-refractivity contribution is -0.128. The fourth-order valence-electron chi connectivity index (χ4n) is 2.98. The van der Waals surface area contributed by atoms with Gasteiger partial charge in [-0.2, -0.15) is 0 Å². The number of para-hydroxylation sites is 2. The minimum Gasteiger partial charge on any atom is -0.370 e. The average molecular weight is 272 g/mol. The van der Waals surface area contributed by atoms with Crippen LogP contribution < -0.4 is 0 Å². The van der Waals surface area contributed by atoms with Gasteiger partial charge in [0.05, 0.1) is 17.5 Å². The molecule has 0 bridgehead atoms. The summed E-state index contributed by atoms with van der Waals surface area (Å²) in [5.41, 5.74) is 2.05. The van der Waals surface area contributed by atoms with E-state index in [0.29, 0.717) is 18.9 Å². The molecule has 4 nitrogen and oxygen atoms in total. The van der Waals surface area contributed by atoms with E-state index in [1.807, 2.05) is 18.2 Å². The molecule has 1 saturated heterocycles. The predicted octanol–water partition coefficient (Wildman–Crippen LogP) is 2.59. The molecule has 2 aromatic rings. The Kier molecular flexibility index (Phi) is 3.57. The zero-order valence-electron chi connectivity index (χ0n) is 12.0. The molecule has 0 N–H and O–H groups in total. The number of imidazole rings is 1. The summed E-state index contributed by atoms with van der Waals surface area (Å²) < 4.78 is 7.68. The lowest BCUT2D eigenvalue weighted by Crippen LogP contribution is -2.27. The van der Waals surface area contributed by atoms with Crippen LogP contribution in [-0.2, 0) is 22.5 Å². The van der Waals surface area contributed by atoms with Gasteiger partial charge >= 0.3 is 0 Å². The first-order chi connectivity index (χ1) is 9.70. The number of carbonyl (C=O) groups is 1. The highest BCUT2D eigenvalue weighted by Crippen LogP contribution is 2.23. The van der Waals surface area contributed by atoms with E-state index in [0.717, 1.165) is 29.8 Å². The average Bonchev–Trinajstić information content (AvgIpc) is 3.01. The number of carbonyl (C=O) groups excluding carboxylic acids is 1. The number of aryl methyl sites for hydroxylation is 1. The Morgan fingerprint density at radius 3 is 2.95 bits per heavy atom. The number of hydrogen-bond donors (Lipinski definition) is 0. The summed E-state index contributed by atoms with van der Waals surface area (Å²) in [4.78, 5) is 17.0.